The third kappa shape index (κ3) is 4.57. The van der Waals surface area contributed by atoms with Crippen LogP contribution < -0.4 is 0 Å². The molecule has 0 aliphatic carbocycles. The van der Waals surface area contributed by atoms with E-state index in [4.69, 9.17) is 9.97 Å². The summed E-state index contributed by atoms with van der Waals surface area (Å²) in [6, 6.07) is 40.7. The molecular weight excluding hydrogens is 508 g/mol. The highest BCUT2D eigenvalue weighted by Gasteiger charge is 2.14. The lowest BCUT2D eigenvalue weighted by molar-refractivity contribution is 1.33. The molecule has 42 heavy (non-hydrogen) atoms. The molecule has 0 aliphatic heterocycles. The first-order chi connectivity index (χ1) is 20.7. The van der Waals surface area contributed by atoms with Gasteiger partial charge in [0.1, 0.15) is 0 Å². The number of fused-ring (bicyclic) bond motifs is 4. The molecule has 0 radical (unpaired) electrons. The Hall–Kier alpha value is -5.34. The van der Waals surface area contributed by atoms with Gasteiger partial charge in [0.2, 0.25) is 0 Å². The van der Waals surface area contributed by atoms with E-state index in [1.54, 1.807) is 0 Å². The molecule has 0 saturated carbocycles. The zero-order valence-electron chi connectivity index (χ0n) is 23.8. The smallest absolute Gasteiger partial charge is 0.0788 e. The van der Waals surface area contributed by atoms with Crippen LogP contribution in [0.3, 0.4) is 0 Å². The molecule has 2 aromatic heterocycles. The zero-order valence-corrected chi connectivity index (χ0v) is 23.8. The minimum absolute atomic E-state index is 0.980. The normalized spacial score (nSPS) is 11.9. The van der Waals surface area contributed by atoms with Crippen LogP contribution in [0.2, 0.25) is 0 Å². The second-order valence-electron chi connectivity index (χ2n) is 10.6. The van der Waals surface area contributed by atoms with Crippen molar-refractivity contribution in [2.24, 2.45) is 0 Å². The highest BCUT2D eigenvalue weighted by molar-refractivity contribution is 6.14. The molecule has 2 heterocycles. The number of benzene rings is 5. The van der Waals surface area contributed by atoms with Crippen molar-refractivity contribution in [1.29, 1.82) is 0 Å². The average Bonchev–Trinajstić information content (AvgIpc) is 3.05. The molecule has 0 unspecified atom stereocenters. The minimum atomic E-state index is 0.980. The molecule has 0 aliphatic rings. The third-order valence-electron chi connectivity index (χ3n) is 8.01. The van der Waals surface area contributed by atoms with Gasteiger partial charge in [-0.1, -0.05) is 127 Å². The molecule has 200 valence electrons. The predicted octanol–water partition coefficient (Wildman–Crippen LogP) is 10.8. The van der Waals surface area contributed by atoms with Gasteiger partial charge in [0.25, 0.3) is 0 Å². The SMILES string of the molecule is C/C=C\C=C/c1c(C)ccc2c(-c3ccc(-c4ccc(-c5cccc6ccccc56)nc4)cc3)nc3ccccc3c12. The van der Waals surface area contributed by atoms with Crippen LogP contribution in [0, 0.1) is 6.92 Å². The number of pyridine rings is 2. The summed E-state index contributed by atoms with van der Waals surface area (Å²) in [5.41, 5.74) is 9.94. The van der Waals surface area contributed by atoms with Crippen LogP contribution >= 0.6 is 0 Å². The standard InChI is InChI=1S/C40H30N2/c1-3-4-5-13-32-27(2)18-24-36-39(32)35-15-8-9-17-38(35)42-40(36)30-21-19-28(20-22-30)31-23-25-37(41-26-31)34-16-10-12-29-11-6-7-14-33(29)34/h3-26H,1-2H3/b4-3-,13-5-. The van der Waals surface area contributed by atoms with Crippen LogP contribution in [0.4, 0.5) is 0 Å². The van der Waals surface area contributed by atoms with Crippen molar-refractivity contribution in [2.75, 3.05) is 0 Å². The zero-order chi connectivity index (χ0) is 28.5. The predicted molar refractivity (Wildman–Crippen MR) is 179 cm³/mol. The summed E-state index contributed by atoms with van der Waals surface area (Å²) in [4.78, 5) is 10.0. The lowest BCUT2D eigenvalue weighted by Crippen LogP contribution is -1.93. The van der Waals surface area contributed by atoms with E-state index in [0.717, 1.165) is 44.5 Å². The second-order valence-corrected chi connectivity index (χ2v) is 10.6. The summed E-state index contributed by atoms with van der Waals surface area (Å²) in [7, 11) is 0. The van der Waals surface area contributed by atoms with Crippen LogP contribution in [0.1, 0.15) is 18.1 Å². The maximum absolute atomic E-state index is 5.16. The third-order valence-corrected chi connectivity index (χ3v) is 8.01. The monoisotopic (exact) mass is 538 g/mol. The van der Waals surface area contributed by atoms with Crippen LogP contribution in [0.5, 0.6) is 0 Å². The number of nitrogens with zero attached hydrogens (tertiary/aromatic N) is 2. The Bertz CT molecular complexity index is 2130. The van der Waals surface area contributed by atoms with E-state index in [9.17, 15) is 0 Å². The van der Waals surface area contributed by atoms with Crippen LogP contribution in [0.15, 0.2) is 140 Å². The molecule has 0 saturated heterocycles. The number of allylic oxidation sites excluding steroid dienone is 3. The van der Waals surface area contributed by atoms with Gasteiger partial charge < -0.3 is 0 Å². The highest BCUT2D eigenvalue weighted by atomic mass is 14.7. The molecule has 0 atom stereocenters. The number of aryl methyl sites for hydroxylation is 1. The van der Waals surface area contributed by atoms with Gasteiger partial charge in [0, 0.05) is 39.0 Å². The molecule has 7 aromatic rings. The maximum Gasteiger partial charge on any atom is 0.0788 e. The lowest BCUT2D eigenvalue weighted by atomic mass is 9.93. The van der Waals surface area contributed by atoms with E-state index < -0.39 is 0 Å². The van der Waals surface area contributed by atoms with E-state index in [1.165, 1.54) is 32.7 Å². The van der Waals surface area contributed by atoms with Crippen LogP contribution in [-0.2, 0) is 0 Å². The summed E-state index contributed by atoms with van der Waals surface area (Å²) in [6.45, 7) is 4.22. The molecule has 0 N–H and O–H groups in total. The number of aromatic nitrogens is 2. The Morgan fingerprint density at radius 1 is 0.595 bits per heavy atom. The molecular formula is C40H30N2. The lowest BCUT2D eigenvalue weighted by Gasteiger charge is -2.14. The van der Waals surface area contributed by atoms with Crippen molar-refractivity contribution in [3.63, 3.8) is 0 Å². The Morgan fingerprint density at radius 3 is 2.14 bits per heavy atom. The quantitative estimate of drug-likeness (QED) is 0.161. The van der Waals surface area contributed by atoms with Crippen molar-refractivity contribution in [3.05, 3.63) is 151 Å². The second kappa shape index (κ2) is 10.9. The largest absolute Gasteiger partial charge is 0.256 e. The Balaban J connectivity index is 1.29. The fourth-order valence-electron chi connectivity index (χ4n) is 5.87. The number of hydrogen-bond donors (Lipinski definition) is 0. The fraction of sp³-hybridized carbons (Fsp3) is 0.0500. The molecule has 7 rings (SSSR count). The number of rotatable bonds is 5. The molecule has 0 fully saturated rings. The first-order valence-electron chi connectivity index (χ1n) is 14.4. The van der Waals surface area contributed by atoms with E-state index in [1.807, 2.05) is 13.1 Å². The summed E-state index contributed by atoms with van der Waals surface area (Å²) >= 11 is 0. The van der Waals surface area contributed by atoms with Gasteiger partial charge in [-0.2, -0.15) is 0 Å². The number of para-hydroxylation sites is 1. The van der Waals surface area contributed by atoms with Gasteiger partial charge in [-0.3, -0.25) is 4.98 Å². The van der Waals surface area contributed by atoms with Gasteiger partial charge in [-0.25, -0.2) is 4.98 Å². The molecule has 0 spiro atoms. The van der Waals surface area contributed by atoms with Crippen molar-refractivity contribution < 1.29 is 0 Å². The molecule has 2 nitrogen and oxygen atoms in total. The van der Waals surface area contributed by atoms with E-state index >= 15 is 0 Å². The average molecular weight is 539 g/mol. The minimum Gasteiger partial charge on any atom is -0.256 e. The first kappa shape index (κ1) is 25.6. The highest BCUT2D eigenvalue weighted by Crippen LogP contribution is 2.37. The van der Waals surface area contributed by atoms with Crippen molar-refractivity contribution in [1.82, 2.24) is 9.97 Å². The summed E-state index contributed by atoms with van der Waals surface area (Å²) in [5.74, 6) is 0. The van der Waals surface area contributed by atoms with Gasteiger partial charge in [0.15, 0.2) is 0 Å². The van der Waals surface area contributed by atoms with E-state index in [2.05, 4.69) is 146 Å². The topological polar surface area (TPSA) is 25.8 Å². The Kier molecular flexibility index (Phi) is 6.65. The fourth-order valence-corrected chi connectivity index (χ4v) is 5.87. The number of hydrogen-bond acceptors (Lipinski definition) is 2. The summed E-state index contributed by atoms with van der Waals surface area (Å²) < 4.78 is 0. The molecule has 0 amide bonds. The van der Waals surface area contributed by atoms with Crippen molar-refractivity contribution in [2.45, 2.75) is 13.8 Å². The summed E-state index contributed by atoms with van der Waals surface area (Å²) in [6.07, 6.45) is 10.4. The maximum atomic E-state index is 5.16. The van der Waals surface area contributed by atoms with Crippen molar-refractivity contribution in [3.8, 4) is 33.6 Å². The van der Waals surface area contributed by atoms with Crippen LogP contribution in [-0.4, -0.2) is 9.97 Å². The van der Waals surface area contributed by atoms with Crippen LogP contribution in [0.25, 0.3) is 72.2 Å². The van der Waals surface area contributed by atoms with E-state index in [-0.39, 0.29) is 0 Å². The molecule has 0 bridgehead atoms. The Morgan fingerprint density at radius 2 is 1.33 bits per heavy atom. The van der Waals surface area contributed by atoms with E-state index in [0.29, 0.717) is 0 Å². The first-order valence-corrected chi connectivity index (χ1v) is 14.4. The van der Waals surface area contributed by atoms with Gasteiger partial charge >= 0.3 is 0 Å². The van der Waals surface area contributed by atoms with Crippen molar-refractivity contribution >= 4 is 38.5 Å². The molecule has 2 heteroatoms. The van der Waals surface area contributed by atoms with Gasteiger partial charge in [-0.15, -0.1) is 0 Å². The van der Waals surface area contributed by atoms with Gasteiger partial charge in [-0.05, 0) is 53.4 Å². The van der Waals surface area contributed by atoms with Gasteiger partial charge in [0.05, 0.1) is 16.9 Å². The summed E-state index contributed by atoms with van der Waals surface area (Å²) in [5, 5.41) is 6.02. The Labute approximate surface area is 246 Å². The molecule has 5 aromatic carbocycles.